The molecule has 9 heteroatoms. The minimum absolute atomic E-state index is 0.0421. The van der Waals surface area contributed by atoms with Crippen LogP contribution in [0.15, 0.2) is 36.4 Å². The highest BCUT2D eigenvalue weighted by molar-refractivity contribution is 6.32. The summed E-state index contributed by atoms with van der Waals surface area (Å²) in [4.78, 5) is 24.9. The Morgan fingerprint density at radius 3 is 2.81 bits per heavy atom. The fraction of sp³-hybridized carbons (Fsp3) is 0.278. The maximum Gasteiger partial charge on any atom is 0.325 e. The van der Waals surface area contributed by atoms with Gasteiger partial charge in [0.1, 0.15) is 11.5 Å². The Balaban J connectivity index is 1.76. The highest BCUT2D eigenvalue weighted by Crippen LogP contribution is 2.47. The number of carbonyl (C=O) groups excluding carboxylic acids is 1. The highest BCUT2D eigenvalue weighted by Gasteiger charge is 2.50. The molecule has 2 amide bonds. The number of non-ortho nitro benzene ring substituents is 1. The molecule has 8 nitrogen and oxygen atoms in total. The molecule has 1 saturated heterocycles. The molecule has 2 bridgehead atoms. The average molecular weight is 390 g/mol. The number of amides is 2. The van der Waals surface area contributed by atoms with Gasteiger partial charge in [-0.25, -0.2) is 4.79 Å². The second kappa shape index (κ2) is 6.02. The first kappa shape index (κ1) is 17.4. The van der Waals surface area contributed by atoms with E-state index >= 15 is 0 Å². The summed E-state index contributed by atoms with van der Waals surface area (Å²) in [6.45, 7) is 1.81. The van der Waals surface area contributed by atoms with Crippen molar-refractivity contribution in [2.45, 2.75) is 25.1 Å². The van der Waals surface area contributed by atoms with Crippen LogP contribution < -0.4 is 19.7 Å². The number of ether oxygens (including phenoxy) is 2. The van der Waals surface area contributed by atoms with Crippen molar-refractivity contribution in [3.05, 3.63) is 57.1 Å². The van der Waals surface area contributed by atoms with Crippen LogP contribution in [0.4, 0.5) is 16.2 Å². The van der Waals surface area contributed by atoms with Gasteiger partial charge in [0.05, 0.1) is 28.8 Å². The molecule has 0 aliphatic carbocycles. The fourth-order valence-electron chi connectivity index (χ4n) is 3.66. The van der Waals surface area contributed by atoms with E-state index in [1.165, 1.54) is 24.1 Å². The van der Waals surface area contributed by atoms with Gasteiger partial charge in [-0.3, -0.25) is 15.0 Å². The molecule has 0 saturated carbocycles. The van der Waals surface area contributed by atoms with E-state index in [4.69, 9.17) is 21.1 Å². The lowest BCUT2D eigenvalue weighted by Gasteiger charge is -2.50. The highest BCUT2D eigenvalue weighted by atomic mass is 35.5. The summed E-state index contributed by atoms with van der Waals surface area (Å²) in [5.41, 5.74) is 0.153. The van der Waals surface area contributed by atoms with Crippen LogP contribution in [0.5, 0.6) is 11.5 Å². The Hall–Kier alpha value is -3.00. The lowest BCUT2D eigenvalue weighted by atomic mass is 9.90. The predicted molar refractivity (Wildman–Crippen MR) is 98.5 cm³/mol. The quantitative estimate of drug-likeness (QED) is 0.631. The number of anilines is 1. The summed E-state index contributed by atoms with van der Waals surface area (Å²) in [5, 5.41) is 14.3. The number of nitro groups is 1. The maximum absolute atomic E-state index is 12.8. The Labute approximate surface area is 159 Å². The largest absolute Gasteiger partial charge is 0.495 e. The van der Waals surface area contributed by atoms with Crippen molar-refractivity contribution in [2.75, 3.05) is 12.0 Å². The Bertz CT molecular complexity index is 966. The van der Waals surface area contributed by atoms with Gasteiger partial charge in [-0.2, -0.15) is 0 Å². The molecule has 140 valence electrons. The lowest BCUT2D eigenvalue weighted by molar-refractivity contribution is -0.385. The van der Waals surface area contributed by atoms with Gasteiger partial charge in [-0.15, -0.1) is 0 Å². The zero-order valence-corrected chi connectivity index (χ0v) is 15.3. The van der Waals surface area contributed by atoms with Crippen LogP contribution >= 0.6 is 11.6 Å². The molecule has 2 aliphatic heterocycles. The van der Waals surface area contributed by atoms with Crippen molar-refractivity contribution in [1.82, 2.24) is 5.32 Å². The number of hydrogen-bond acceptors (Lipinski definition) is 5. The smallest absolute Gasteiger partial charge is 0.325 e. The summed E-state index contributed by atoms with van der Waals surface area (Å²) in [6.07, 6.45) is 0.427. The first-order chi connectivity index (χ1) is 12.8. The van der Waals surface area contributed by atoms with Crippen molar-refractivity contribution in [3.63, 3.8) is 0 Å². The molecule has 2 aliphatic rings. The molecule has 1 fully saturated rings. The number of nitrogens with one attached hydrogen (secondary N) is 1. The van der Waals surface area contributed by atoms with Crippen molar-refractivity contribution in [1.29, 1.82) is 0 Å². The third-order valence-electron chi connectivity index (χ3n) is 4.86. The van der Waals surface area contributed by atoms with E-state index in [9.17, 15) is 14.9 Å². The van der Waals surface area contributed by atoms with Gasteiger partial charge in [-0.1, -0.05) is 11.6 Å². The number of urea groups is 1. The van der Waals surface area contributed by atoms with E-state index in [2.05, 4.69) is 5.32 Å². The third-order valence-corrected chi connectivity index (χ3v) is 5.16. The van der Waals surface area contributed by atoms with Crippen LogP contribution in [0.2, 0.25) is 5.02 Å². The zero-order valence-electron chi connectivity index (χ0n) is 14.6. The van der Waals surface area contributed by atoms with Crippen LogP contribution in [0.25, 0.3) is 0 Å². The van der Waals surface area contributed by atoms with E-state index in [1.54, 1.807) is 31.2 Å². The number of nitrogens with zero attached hydrogens (tertiary/aromatic N) is 2. The lowest BCUT2D eigenvalue weighted by Crippen LogP contribution is -2.65. The minimum Gasteiger partial charge on any atom is -0.495 e. The van der Waals surface area contributed by atoms with E-state index < -0.39 is 10.6 Å². The minimum atomic E-state index is -0.964. The van der Waals surface area contributed by atoms with Crippen molar-refractivity contribution < 1.29 is 19.2 Å². The number of carbonyl (C=O) groups is 1. The van der Waals surface area contributed by atoms with Crippen molar-refractivity contribution >= 4 is 29.0 Å². The maximum atomic E-state index is 12.8. The van der Waals surface area contributed by atoms with E-state index in [1.807, 2.05) is 0 Å². The summed E-state index contributed by atoms with van der Waals surface area (Å²) >= 11 is 6.22. The number of nitro benzene ring substituents is 1. The van der Waals surface area contributed by atoms with Gasteiger partial charge in [0.25, 0.3) is 5.69 Å². The molecular weight excluding hydrogens is 374 g/mol. The number of halogens is 1. The summed E-state index contributed by atoms with van der Waals surface area (Å²) in [6, 6.07) is 8.70. The standard InChI is InChI=1S/C18H16ClN3O5/c1-18-9-14(12-7-11(22(24)25)4-5-15(12)27-18)20-17(23)21(18)10-3-6-16(26-2)13(19)8-10/h3-8,14H,9H2,1-2H3,(H,20,23)/t14-,18-/m0/s1. The van der Waals surface area contributed by atoms with Crippen LogP contribution in [-0.2, 0) is 0 Å². The van der Waals surface area contributed by atoms with Crippen LogP contribution in [0, 0.1) is 10.1 Å². The van der Waals surface area contributed by atoms with Crippen LogP contribution in [0.1, 0.15) is 24.9 Å². The molecule has 2 aromatic rings. The topological polar surface area (TPSA) is 93.9 Å². The normalized spacial score (nSPS) is 23.1. The van der Waals surface area contributed by atoms with Gasteiger partial charge in [0, 0.05) is 24.1 Å². The second-order valence-electron chi connectivity index (χ2n) is 6.62. The number of benzene rings is 2. The van der Waals surface area contributed by atoms with Gasteiger partial charge in [-0.05, 0) is 31.2 Å². The molecular formula is C18H16ClN3O5. The molecule has 2 aromatic carbocycles. The van der Waals surface area contributed by atoms with Crippen LogP contribution in [0.3, 0.4) is 0 Å². The monoisotopic (exact) mass is 389 g/mol. The molecule has 4 rings (SSSR count). The molecule has 27 heavy (non-hydrogen) atoms. The van der Waals surface area contributed by atoms with E-state index in [-0.39, 0.29) is 17.8 Å². The Morgan fingerprint density at radius 2 is 2.15 bits per heavy atom. The summed E-state index contributed by atoms with van der Waals surface area (Å²) in [5.74, 6) is 1.01. The molecule has 2 atom stereocenters. The van der Waals surface area contributed by atoms with E-state index in [0.717, 1.165) is 0 Å². The van der Waals surface area contributed by atoms with Crippen molar-refractivity contribution in [3.8, 4) is 11.5 Å². The number of rotatable bonds is 3. The SMILES string of the molecule is COc1ccc(N2C(=O)N[C@H]3C[C@]2(C)Oc2ccc([N+](=O)[O-])cc23)cc1Cl. The molecule has 0 aromatic heterocycles. The summed E-state index contributed by atoms with van der Waals surface area (Å²) in [7, 11) is 1.51. The predicted octanol–water partition coefficient (Wildman–Crippen LogP) is 4.03. The second-order valence-corrected chi connectivity index (χ2v) is 7.02. The molecule has 0 radical (unpaired) electrons. The number of fused-ring (bicyclic) bond motifs is 4. The average Bonchev–Trinajstić information content (AvgIpc) is 2.60. The van der Waals surface area contributed by atoms with Crippen molar-refractivity contribution in [2.24, 2.45) is 0 Å². The van der Waals surface area contributed by atoms with Gasteiger partial charge >= 0.3 is 6.03 Å². The first-order valence-corrected chi connectivity index (χ1v) is 8.62. The third kappa shape index (κ3) is 2.73. The Kier molecular flexibility index (Phi) is 3.88. The van der Waals surface area contributed by atoms with Gasteiger partial charge in [0.15, 0.2) is 5.72 Å². The number of methoxy groups -OCH3 is 1. The fourth-order valence-corrected chi connectivity index (χ4v) is 3.91. The zero-order chi connectivity index (χ0) is 19.3. The van der Waals surface area contributed by atoms with Gasteiger partial charge < -0.3 is 14.8 Å². The Morgan fingerprint density at radius 1 is 1.37 bits per heavy atom. The van der Waals surface area contributed by atoms with Gasteiger partial charge in [0.2, 0.25) is 0 Å². The first-order valence-electron chi connectivity index (χ1n) is 8.24. The van der Waals surface area contributed by atoms with E-state index in [0.29, 0.717) is 34.2 Å². The van der Waals surface area contributed by atoms with Crippen LogP contribution in [-0.4, -0.2) is 23.8 Å². The molecule has 2 heterocycles. The molecule has 1 N–H and O–H groups in total. The molecule has 0 unspecified atom stereocenters. The number of hydrogen-bond donors (Lipinski definition) is 1. The molecule has 0 spiro atoms. The summed E-state index contributed by atoms with van der Waals surface area (Å²) < 4.78 is 11.3.